The average Bonchev–Trinajstić information content (AvgIpc) is 3.76. The van der Waals surface area contributed by atoms with Gasteiger partial charge in [-0.3, -0.25) is 0 Å². The fraction of sp³-hybridized carbons (Fsp3) is 0.463. The summed E-state index contributed by atoms with van der Waals surface area (Å²) in [6.07, 6.45) is 9.85. The standard InChI is InChI=1S/C67H78BN3/c1-39-31-40(2)57-60-56(39)65(14)28-20-22-30-67(65,16)71(60)55-36-45(70-52-26-25-43(61(5,6)7)34-50(52)64(13)27-19-21-29-66(64,70)15)35-54-58(55)68(57)51-37-47-46-23-17-18-24-48(46)63(11,12)49(47)38-53(51)69(54)59-41(3)32-44(33-42(59)4)62(8,9)10/h17-18,23-26,31-38H,19-22,27-30H2,1-16H3. The summed E-state index contributed by atoms with van der Waals surface area (Å²) in [6.45, 7) is 39.6. The maximum atomic E-state index is 3.00. The highest BCUT2D eigenvalue weighted by atomic mass is 15.3. The van der Waals surface area contributed by atoms with Gasteiger partial charge in [0.2, 0.25) is 0 Å². The molecule has 71 heavy (non-hydrogen) atoms. The van der Waals surface area contributed by atoms with Crippen molar-refractivity contribution >= 4 is 62.9 Å². The van der Waals surface area contributed by atoms with Crippen LogP contribution in [-0.4, -0.2) is 17.8 Å². The number of anilines is 7. The lowest BCUT2D eigenvalue weighted by Gasteiger charge is -2.54. The normalized spacial score (nSPS) is 26.1. The fourth-order valence-electron chi connectivity index (χ4n) is 16.9. The number of hydrogen-bond acceptors (Lipinski definition) is 3. The Labute approximate surface area is 427 Å². The third-order valence-electron chi connectivity index (χ3n) is 21.1. The molecular formula is C67H78BN3. The quantitative estimate of drug-likeness (QED) is 0.160. The SMILES string of the molecule is Cc1cc(C)c2c3c1B1c4cc5c(cc4N(c4c(C)cc(C(C)(C)C)cc4C)c4cc(N6c7ccc(C(C)(C)C)cc7C7(C)CCCCC67C)cc(c41)N3C1(C)CCCCC21C)C(C)(C)c1ccccc1-5. The number of nitrogens with zero attached hydrogens (tertiary/aromatic N) is 3. The highest BCUT2D eigenvalue weighted by Gasteiger charge is 2.63. The van der Waals surface area contributed by atoms with Gasteiger partial charge in [-0.1, -0.05) is 161 Å². The molecule has 6 aromatic rings. The molecule has 2 fully saturated rings. The second kappa shape index (κ2) is 14.1. The lowest BCUT2D eigenvalue weighted by atomic mass is 9.32. The molecule has 0 saturated heterocycles. The first kappa shape index (κ1) is 45.6. The Balaban J connectivity index is 1.19. The molecule has 4 heteroatoms. The van der Waals surface area contributed by atoms with Crippen LogP contribution in [0.25, 0.3) is 11.1 Å². The molecule has 4 heterocycles. The Morgan fingerprint density at radius 1 is 0.465 bits per heavy atom. The van der Waals surface area contributed by atoms with Crippen LogP contribution in [0.1, 0.15) is 190 Å². The molecule has 364 valence electrons. The smallest absolute Gasteiger partial charge is 0.252 e. The van der Waals surface area contributed by atoms with E-state index in [4.69, 9.17) is 0 Å². The van der Waals surface area contributed by atoms with E-state index >= 15 is 0 Å². The van der Waals surface area contributed by atoms with Crippen LogP contribution in [0.4, 0.5) is 39.8 Å². The molecule has 0 amide bonds. The van der Waals surface area contributed by atoms with Crippen molar-refractivity contribution < 1.29 is 0 Å². The van der Waals surface area contributed by atoms with E-state index in [1.54, 1.807) is 16.6 Å². The maximum Gasteiger partial charge on any atom is 0.252 e. The Morgan fingerprint density at radius 3 is 1.76 bits per heavy atom. The topological polar surface area (TPSA) is 9.72 Å². The van der Waals surface area contributed by atoms with E-state index in [0.717, 1.165) is 0 Å². The maximum absolute atomic E-state index is 3.00. The van der Waals surface area contributed by atoms with E-state index in [-0.39, 0.29) is 44.9 Å². The number of fused-ring (bicyclic) bond motifs is 13. The first-order valence-electron chi connectivity index (χ1n) is 27.6. The third-order valence-corrected chi connectivity index (χ3v) is 21.1. The van der Waals surface area contributed by atoms with Crippen molar-refractivity contribution in [3.8, 4) is 11.1 Å². The zero-order chi connectivity index (χ0) is 50.1. The van der Waals surface area contributed by atoms with Crippen LogP contribution >= 0.6 is 0 Å². The molecule has 0 N–H and O–H groups in total. The molecule has 7 aliphatic rings. The van der Waals surface area contributed by atoms with E-state index in [9.17, 15) is 0 Å². The number of hydrogen-bond donors (Lipinski definition) is 0. The van der Waals surface area contributed by atoms with Crippen molar-refractivity contribution in [2.45, 2.75) is 200 Å². The van der Waals surface area contributed by atoms with E-state index in [1.165, 1.54) is 158 Å². The van der Waals surface area contributed by atoms with Crippen molar-refractivity contribution in [3.63, 3.8) is 0 Å². The molecule has 13 rings (SSSR count). The summed E-state index contributed by atoms with van der Waals surface area (Å²) in [5.41, 5.74) is 31.3. The molecule has 3 nitrogen and oxygen atoms in total. The van der Waals surface area contributed by atoms with Crippen LogP contribution in [0.5, 0.6) is 0 Å². The summed E-state index contributed by atoms with van der Waals surface area (Å²) >= 11 is 0. The fourth-order valence-corrected chi connectivity index (χ4v) is 16.9. The summed E-state index contributed by atoms with van der Waals surface area (Å²) in [6, 6.07) is 35.3. The van der Waals surface area contributed by atoms with Crippen molar-refractivity contribution in [1.29, 1.82) is 0 Å². The third kappa shape index (κ3) is 5.54. The largest absolute Gasteiger partial charge is 0.335 e. The van der Waals surface area contributed by atoms with Crippen LogP contribution < -0.4 is 31.1 Å². The van der Waals surface area contributed by atoms with E-state index in [1.807, 2.05) is 0 Å². The number of benzene rings is 6. The molecule has 4 atom stereocenters. The first-order chi connectivity index (χ1) is 33.4. The van der Waals surface area contributed by atoms with Crippen LogP contribution in [0.2, 0.25) is 0 Å². The summed E-state index contributed by atoms with van der Waals surface area (Å²) in [5.74, 6) is 0. The van der Waals surface area contributed by atoms with Crippen molar-refractivity contribution in [1.82, 2.24) is 0 Å². The van der Waals surface area contributed by atoms with Crippen LogP contribution in [-0.2, 0) is 27.1 Å². The minimum Gasteiger partial charge on any atom is -0.335 e. The molecule has 0 radical (unpaired) electrons. The molecule has 0 bridgehead atoms. The van der Waals surface area contributed by atoms with Gasteiger partial charge in [-0.15, -0.1) is 0 Å². The van der Waals surface area contributed by atoms with Crippen molar-refractivity contribution in [3.05, 3.63) is 141 Å². The van der Waals surface area contributed by atoms with Crippen molar-refractivity contribution in [2.75, 3.05) is 14.7 Å². The molecule has 2 saturated carbocycles. The predicted molar refractivity (Wildman–Crippen MR) is 305 cm³/mol. The molecule has 3 aliphatic carbocycles. The minimum absolute atomic E-state index is 0.0104. The molecular weight excluding hydrogens is 858 g/mol. The second-order valence-corrected chi connectivity index (χ2v) is 27.4. The molecule has 4 aliphatic heterocycles. The van der Waals surface area contributed by atoms with Gasteiger partial charge in [-0.25, -0.2) is 0 Å². The summed E-state index contributed by atoms with van der Waals surface area (Å²) in [5, 5.41) is 0. The van der Waals surface area contributed by atoms with Crippen LogP contribution in [0.3, 0.4) is 0 Å². The minimum atomic E-state index is -0.144. The Morgan fingerprint density at radius 2 is 1.08 bits per heavy atom. The Hall–Kier alpha value is -5.22. The van der Waals surface area contributed by atoms with E-state index < -0.39 is 0 Å². The highest BCUT2D eigenvalue weighted by molar-refractivity contribution is 7.00. The van der Waals surface area contributed by atoms with Gasteiger partial charge in [0.25, 0.3) is 6.71 Å². The molecule has 0 aromatic heterocycles. The lowest BCUT2D eigenvalue weighted by Crippen LogP contribution is -2.65. The summed E-state index contributed by atoms with van der Waals surface area (Å²) < 4.78 is 0. The zero-order valence-electron chi connectivity index (χ0n) is 46.2. The predicted octanol–water partition coefficient (Wildman–Crippen LogP) is 15.9. The van der Waals surface area contributed by atoms with Gasteiger partial charge in [0.15, 0.2) is 0 Å². The lowest BCUT2D eigenvalue weighted by molar-refractivity contribution is 0.193. The first-order valence-corrected chi connectivity index (χ1v) is 27.6. The van der Waals surface area contributed by atoms with Gasteiger partial charge in [0.1, 0.15) is 0 Å². The summed E-state index contributed by atoms with van der Waals surface area (Å²) in [4.78, 5) is 8.70. The van der Waals surface area contributed by atoms with Crippen LogP contribution in [0, 0.1) is 27.7 Å². The summed E-state index contributed by atoms with van der Waals surface area (Å²) in [7, 11) is 0. The van der Waals surface area contributed by atoms with E-state index in [0.29, 0.717) is 0 Å². The van der Waals surface area contributed by atoms with Crippen molar-refractivity contribution in [2.24, 2.45) is 0 Å². The Kier molecular flexibility index (Phi) is 9.05. The monoisotopic (exact) mass is 936 g/mol. The van der Waals surface area contributed by atoms with Gasteiger partial charge >= 0.3 is 0 Å². The van der Waals surface area contributed by atoms with E-state index in [2.05, 4.69) is 210 Å². The van der Waals surface area contributed by atoms with Gasteiger partial charge in [-0.05, 0) is 180 Å². The van der Waals surface area contributed by atoms with Crippen LogP contribution in [0.15, 0.2) is 84.9 Å². The van der Waals surface area contributed by atoms with Gasteiger partial charge in [-0.2, -0.15) is 0 Å². The van der Waals surface area contributed by atoms with Gasteiger partial charge in [0.05, 0.1) is 16.8 Å². The Bertz CT molecular complexity index is 3330. The van der Waals surface area contributed by atoms with Gasteiger partial charge in [0, 0.05) is 50.4 Å². The van der Waals surface area contributed by atoms with Gasteiger partial charge < -0.3 is 14.7 Å². The molecule has 6 aromatic carbocycles. The molecule has 0 spiro atoms. The second-order valence-electron chi connectivity index (χ2n) is 27.4. The number of rotatable bonds is 2. The average molecular weight is 936 g/mol. The highest BCUT2D eigenvalue weighted by Crippen LogP contribution is 2.66. The molecule has 4 unspecified atom stereocenters. The number of aryl methyl sites for hydroxylation is 4. The zero-order valence-corrected chi connectivity index (χ0v) is 46.2.